The Balaban J connectivity index is 1.47. The summed E-state index contributed by atoms with van der Waals surface area (Å²) in [6.07, 6.45) is 9.98. The van der Waals surface area contributed by atoms with Gasteiger partial charge in [-0.15, -0.1) is 10.2 Å². The second kappa shape index (κ2) is 6.62. The maximum Gasteiger partial charge on any atom is 0.216 e. The molecule has 0 radical (unpaired) electrons. The zero-order valence-electron chi connectivity index (χ0n) is 16.1. The lowest BCUT2D eigenvalue weighted by Gasteiger charge is -2.57. The molecule has 0 amide bonds. The minimum atomic E-state index is 0.290. The Morgan fingerprint density at radius 2 is 1.89 bits per heavy atom. The molecule has 28 heavy (non-hydrogen) atoms. The number of hydrogen-bond acceptors (Lipinski definition) is 6. The van der Waals surface area contributed by atoms with E-state index < -0.39 is 0 Å². The Morgan fingerprint density at radius 3 is 2.46 bits per heavy atom. The van der Waals surface area contributed by atoms with Crippen LogP contribution in [-0.2, 0) is 5.41 Å². The minimum Gasteiger partial charge on any atom is -0.386 e. The maximum atomic E-state index is 9.42. The van der Waals surface area contributed by atoms with Gasteiger partial charge < -0.3 is 10.6 Å². The quantitative estimate of drug-likeness (QED) is 0.689. The van der Waals surface area contributed by atoms with E-state index in [2.05, 4.69) is 55.5 Å². The van der Waals surface area contributed by atoms with Crippen molar-refractivity contribution in [2.24, 2.45) is 17.8 Å². The van der Waals surface area contributed by atoms with Crippen LogP contribution in [0.5, 0.6) is 0 Å². The highest BCUT2D eigenvalue weighted by atomic mass is 15.5. The number of anilines is 2. The summed E-state index contributed by atoms with van der Waals surface area (Å²) in [6, 6.07) is 8.87. The average Bonchev–Trinajstić information content (AvgIpc) is 3.22. The van der Waals surface area contributed by atoms with Gasteiger partial charge in [-0.3, -0.25) is 0 Å². The van der Waals surface area contributed by atoms with Crippen LogP contribution in [0.3, 0.4) is 0 Å². The summed E-state index contributed by atoms with van der Waals surface area (Å²) in [5, 5.41) is 29.7. The summed E-state index contributed by atoms with van der Waals surface area (Å²) in [5.41, 5.74) is 4.12. The highest BCUT2D eigenvalue weighted by molar-refractivity contribution is 5.77. The fourth-order valence-corrected chi connectivity index (χ4v) is 6.25. The molecular weight excluding hydrogens is 350 g/mol. The van der Waals surface area contributed by atoms with E-state index in [-0.39, 0.29) is 0 Å². The molecule has 1 aromatic carbocycles. The number of benzene rings is 1. The zero-order chi connectivity index (χ0) is 19.1. The smallest absolute Gasteiger partial charge is 0.216 e. The highest BCUT2D eigenvalue weighted by Crippen LogP contribution is 2.61. The lowest BCUT2D eigenvalue weighted by atomic mass is 9.48. The van der Waals surface area contributed by atoms with Gasteiger partial charge in [-0.05, 0) is 84.6 Å². The van der Waals surface area contributed by atoms with Gasteiger partial charge in [0.25, 0.3) is 0 Å². The molecule has 0 aliphatic heterocycles. The molecule has 2 aromatic rings. The molecule has 144 valence electrons. The van der Waals surface area contributed by atoms with Crippen molar-refractivity contribution < 1.29 is 0 Å². The second-order valence-electron chi connectivity index (χ2n) is 8.76. The van der Waals surface area contributed by atoms with Crippen molar-refractivity contribution in [2.45, 2.75) is 43.9 Å². The summed E-state index contributed by atoms with van der Waals surface area (Å²) < 4.78 is 0. The molecule has 0 saturated heterocycles. The molecule has 7 heteroatoms. The molecule has 4 aliphatic rings. The average molecular weight is 375 g/mol. The highest BCUT2D eigenvalue weighted by Gasteiger charge is 2.51. The van der Waals surface area contributed by atoms with Crippen LogP contribution in [0.4, 0.5) is 11.4 Å². The summed E-state index contributed by atoms with van der Waals surface area (Å²) in [5.74, 6) is 3.03. The van der Waals surface area contributed by atoms with Gasteiger partial charge in [0, 0.05) is 13.2 Å². The maximum absolute atomic E-state index is 9.42. The first-order chi connectivity index (χ1) is 13.7. The van der Waals surface area contributed by atoms with Crippen LogP contribution in [0, 0.1) is 29.1 Å². The van der Waals surface area contributed by atoms with E-state index >= 15 is 0 Å². The van der Waals surface area contributed by atoms with Crippen molar-refractivity contribution in [1.82, 2.24) is 20.6 Å². The Labute approximate surface area is 164 Å². The van der Waals surface area contributed by atoms with Crippen molar-refractivity contribution in [3.05, 3.63) is 35.8 Å². The lowest BCUT2D eigenvalue weighted by molar-refractivity contribution is -0.00515. The van der Waals surface area contributed by atoms with Gasteiger partial charge in [0.05, 0.1) is 11.4 Å². The second-order valence-corrected chi connectivity index (χ2v) is 8.76. The normalized spacial score (nSPS) is 30.9. The van der Waals surface area contributed by atoms with E-state index in [4.69, 9.17) is 0 Å². The predicted octanol–water partition coefficient (Wildman–Crippen LogP) is 3.69. The number of nitriles is 1. The molecule has 4 fully saturated rings. The van der Waals surface area contributed by atoms with Crippen LogP contribution >= 0.6 is 0 Å². The molecule has 6 rings (SSSR count). The Kier molecular flexibility index (Phi) is 4.08. The summed E-state index contributed by atoms with van der Waals surface area (Å²) in [7, 11) is 1.92. The number of nitrogens with one attached hydrogen (secondary N) is 3. The number of hydrogen-bond donors (Lipinski definition) is 3. The third kappa shape index (κ3) is 2.84. The van der Waals surface area contributed by atoms with Gasteiger partial charge in [0.1, 0.15) is 11.6 Å². The van der Waals surface area contributed by atoms with Crippen molar-refractivity contribution in [2.75, 3.05) is 17.7 Å². The standard InChI is InChI=1S/C21H25N7/c1-23-18-3-2-17(21-8-13-4-14(9-21)6-15(5-13)10-21)7-19(18)24-12-16(11-22)20-25-27-28-26-20/h2-3,7,12-15,23-24H,4-6,8-10H2,1H3,(H,25,26,27,28). The minimum absolute atomic E-state index is 0.290. The fraction of sp³-hybridized carbons (Fsp3) is 0.524. The zero-order valence-corrected chi connectivity index (χ0v) is 16.1. The number of aromatic nitrogens is 4. The molecule has 3 N–H and O–H groups in total. The topological polar surface area (TPSA) is 102 Å². The molecular formula is C21H25N7. The van der Waals surface area contributed by atoms with Crippen molar-refractivity contribution in [1.29, 1.82) is 5.26 Å². The largest absolute Gasteiger partial charge is 0.386 e. The van der Waals surface area contributed by atoms with Crippen molar-refractivity contribution in [3.63, 3.8) is 0 Å². The van der Waals surface area contributed by atoms with Crippen LogP contribution in [0.2, 0.25) is 0 Å². The molecule has 4 saturated carbocycles. The SMILES string of the molecule is CNc1ccc(C23CC4CC(CC(C4)C2)C3)cc1NC=C(C#N)c1nn[nH]n1. The van der Waals surface area contributed by atoms with E-state index in [9.17, 15) is 5.26 Å². The molecule has 4 bridgehead atoms. The third-order valence-corrected chi connectivity index (χ3v) is 7.02. The van der Waals surface area contributed by atoms with E-state index in [1.807, 2.05) is 7.05 Å². The van der Waals surface area contributed by atoms with Crippen LogP contribution < -0.4 is 10.6 Å². The first-order valence-electron chi connectivity index (χ1n) is 10.1. The number of allylic oxidation sites excluding steroid dienone is 1. The Morgan fingerprint density at radius 1 is 1.18 bits per heavy atom. The van der Waals surface area contributed by atoms with Crippen LogP contribution in [0.15, 0.2) is 24.4 Å². The van der Waals surface area contributed by atoms with E-state index in [0.717, 1.165) is 29.1 Å². The van der Waals surface area contributed by atoms with Gasteiger partial charge in [-0.1, -0.05) is 6.07 Å². The Hall–Kier alpha value is -2.88. The van der Waals surface area contributed by atoms with Gasteiger partial charge in [0.15, 0.2) is 0 Å². The molecule has 1 heterocycles. The van der Waals surface area contributed by atoms with Crippen LogP contribution in [0.1, 0.15) is 49.9 Å². The summed E-state index contributed by atoms with van der Waals surface area (Å²) in [4.78, 5) is 0. The molecule has 4 aliphatic carbocycles. The van der Waals surface area contributed by atoms with Gasteiger partial charge in [0.2, 0.25) is 5.82 Å². The number of tetrazole rings is 1. The molecule has 0 atom stereocenters. The van der Waals surface area contributed by atoms with E-state index in [1.165, 1.54) is 44.1 Å². The number of rotatable bonds is 5. The first-order valence-corrected chi connectivity index (χ1v) is 10.1. The van der Waals surface area contributed by atoms with E-state index in [0.29, 0.717) is 16.8 Å². The lowest BCUT2D eigenvalue weighted by Crippen LogP contribution is -2.48. The van der Waals surface area contributed by atoms with Gasteiger partial charge >= 0.3 is 0 Å². The summed E-state index contributed by atoms with van der Waals surface area (Å²) >= 11 is 0. The molecule has 1 aromatic heterocycles. The summed E-state index contributed by atoms with van der Waals surface area (Å²) in [6.45, 7) is 0. The monoisotopic (exact) mass is 375 g/mol. The third-order valence-electron chi connectivity index (χ3n) is 7.02. The number of aromatic amines is 1. The molecule has 0 spiro atoms. The molecule has 0 unspecified atom stereocenters. The van der Waals surface area contributed by atoms with Crippen molar-refractivity contribution in [3.8, 4) is 6.07 Å². The van der Waals surface area contributed by atoms with Crippen LogP contribution in [-0.4, -0.2) is 27.7 Å². The predicted molar refractivity (Wildman–Crippen MR) is 107 cm³/mol. The molecule has 7 nitrogen and oxygen atoms in total. The van der Waals surface area contributed by atoms with E-state index in [1.54, 1.807) is 6.20 Å². The van der Waals surface area contributed by atoms with Gasteiger partial charge in [-0.25, -0.2) is 0 Å². The first kappa shape index (κ1) is 17.2. The Bertz CT molecular complexity index is 903. The van der Waals surface area contributed by atoms with Crippen molar-refractivity contribution >= 4 is 16.9 Å². The number of nitrogens with zero attached hydrogens (tertiary/aromatic N) is 4. The van der Waals surface area contributed by atoms with Gasteiger partial charge in [-0.2, -0.15) is 10.5 Å². The fourth-order valence-electron chi connectivity index (χ4n) is 6.25. The van der Waals surface area contributed by atoms with Crippen LogP contribution in [0.25, 0.3) is 5.57 Å². The number of H-pyrrole nitrogens is 1.